The quantitative estimate of drug-likeness (QED) is 0.641. The third kappa shape index (κ3) is 4.94. The maximum Gasteiger partial charge on any atom is 0.248 e. The summed E-state index contributed by atoms with van der Waals surface area (Å²) in [6.45, 7) is 5.01. The van der Waals surface area contributed by atoms with Gasteiger partial charge in [-0.05, 0) is 67.8 Å². The smallest absolute Gasteiger partial charge is 0.248 e. The zero-order valence-electron chi connectivity index (χ0n) is 17.3. The molecule has 0 spiro atoms. The SMILES string of the molecule is CCOc1cc(/C=C/C(=O)Nc2ccc(N3CCCC3=O)c(C)c2)cc(Cl)c1OC. The monoisotopic (exact) mass is 428 g/mol. The lowest BCUT2D eigenvalue weighted by Crippen LogP contribution is -2.24. The Morgan fingerprint density at radius 3 is 2.73 bits per heavy atom. The number of carbonyl (C=O) groups excluding carboxylic acids is 2. The highest BCUT2D eigenvalue weighted by atomic mass is 35.5. The first-order chi connectivity index (χ1) is 14.4. The number of halogens is 1. The lowest BCUT2D eigenvalue weighted by Gasteiger charge is -2.19. The molecule has 0 atom stereocenters. The molecule has 0 aliphatic carbocycles. The van der Waals surface area contributed by atoms with Gasteiger partial charge in [-0.2, -0.15) is 0 Å². The van der Waals surface area contributed by atoms with Gasteiger partial charge in [0.05, 0.1) is 18.7 Å². The number of hydrogen-bond donors (Lipinski definition) is 1. The molecule has 2 aromatic rings. The van der Waals surface area contributed by atoms with Gasteiger partial charge >= 0.3 is 0 Å². The van der Waals surface area contributed by atoms with Crippen LogP contribution in [0.25, 0.3) is 6.08 Å². The van der Waals surface area contributed by atoms with Crippen LogP contribution in [0.1, 0.15) is 30.9 Å². The van der Waals surface area contributed by atoms with Gasteiger partial charge in [-0.1, -0.05) is 11.6 Å². The Labute approximate surface area is 181 Å². The summed E-state index contributed by atoms with van der Waals surface area (Å²) in [5, 5.41) is 3.25. The summed E-state index contributed by atoms with van der Waals surface area (Å²) in [5.74, 6) is 0.856. The van der Waals surface area contributed by atoms with Gasteiger partial charge in [-0.15, -0.1) is 0 Å². The van der Waals surface area contributed by atoms with Crippen LogP contribution in [0, 0.1) is 6.92 Å². The number of aryl methyl sites for hydroxylation is 1. The summed E-state index contributed by atoms with van der Waals surface area (Å²) in [4.78, 5) is 26.1. The molecule has 1 saturated heterocycles. The number of rotatable bonds is 7. The van der Waals surface area contributed by atoms with Gasteiger partial charge in [-0.25, -0.2) is 0 Å². The molecule has 30 heavy (non-hydrogen) atoms. The Balaban J connectivity index is 1.70. The molecule has 0 unspecified atom stereocenters. The number of methoxy groups -OCH3 is 1. The fraction of sp³-hybridized carbons (Fsp3) is 0.304. The molecule has 2 amide bonds. The zero-order chi connectivity index (χ0) is 21.7. The van der Waals surface area contributed by atoms with Crippen molar-refractivity contribution in [1.29, 1.82) is 0 Å². The third-order valence-corrected chi connectivity index (χ3v) is 5.07. The zero-order valence-corrected chi connectivity index (χ0v) is 18.1. The molecule has 1 N–H and O–H groups in total. The number of ether oxygens (including phenoxy) is 2. The second-order valence-corrected chi connectivity index (χ2v) is 7.35. The topological polar surface area (TPSA) is 67.9 Å². The van der Waals surface area contributed by atoms with E-state index in [-0.39, 0.29) is 11.8 Å². The standard InChI is InChI=1S/C23H25ClN2O4/c1-4-30-20-14-16(13-18(24)23(20)29-3)7-10-21(27)25-17-8-9-19(15(2)12-17)26-11-5-6-22(26)28/h7-10,12-14H,4-6,11H2,1-3H3,(H,25,27)/b10-7+. The van der Waals surface area contributed by atoms with Crippen molar-refractivity contribution in [2.45, 2.75) is 26.7 Å². The van der Waals surface area contributed by atoms with Crippen LogP contribution >= 0.6 is 11.6 Å². The Kier molecular flexibility index (Phi) is 7.00. The van der Waals surface area contributed by atoms with Crippen molar-refractivity contribution in [3.63, 3.8) is 0 Å². The molecule has 1 heterocycles. The van der Waals surface area contributed by atoms with Gasteiger partial charge in [-0.3, -0.25) is 9.59 Å². The summed E-state index contributed by atoms with van der Waals surface area (Å²) in [7, 11) is 1.53. The highest BCUT2D eigenvalue weighted by molar-refractivity contribution is 6.32. The Hall–Kier alpha value is -2.99. The first-order valence-corrected chi connectivity index (χ1v) is 10.2. The summed E-state index contributed by atoms with van der Waals surface area (Å²) in [6, 6.07) is 9.01. The van der Waals surface area contributed by atoms with E-state index in [1.807, 2.05) is 26.0 Å². The van der Waals surface area contributed by atoms with Crippen molar-refractivity contribution in [3.8, 4) is 11.5 Å². The number of benzene rings is 2. The molecule has 6 nitrogen and oxygen atoms in total. The van der Waals surface area contributed by atoms with Crippen molar-refractivity contribution in [1.82, 2.24) is 0 Å². The van der Waals surface area contributed by atoms with Gasteiger partial charge < -0.3 is 19.7 Å². The van der Waals surface area contributed by atoms with Crippen LogP contribution in [0.5, 0.6) is 11.5 Å². The van der Waals surface area contributed by atoms with Crippen LogP contribution in [0.2, 0.25) is 5.02 Å². The molecule has 0 bridgehead atoms. The van der Waals surface area contributed by atoms with Crippen molar-refractivity contribution < 1.29 is 19.1 Å². The molecule has 1 fully saturated rings. The van der Waals surface area contributed by atoms with E-state index in [9.17, 15) is 9.59 Å². The molecular weight excluding hydrogens is 404 g/mol. The molecule has 0 radical (unpaired) electrons. The average molecular weight is 429 g/mol. The van der Waals surface area contributed by atoms with Gasteiger partial charge in [0.1, 0.15) is 0 Å². The molecular formula is C23H25ClN2O4. The van der Waals surface area contributed by atoms with Gasteiger partial charge in [0, 0.05) is 30.4 Å². The van der Waals surface area contributed by atoms with Crippen LogP contribution in [0.4, 0.5) is 11.4 Å². The first-order valence-electron chi connectivity index (χ1n) is 9.83. The number of carbonyl (C=O) groups is 2. The number of nitrogens with zero attached hydrogens (tertiary/aromatic N) is 1. The molecule has 0 saturated carbocycles. The minimum atomic E-state index is -0.274. The predicted molar refractivity (Wildman–Crippen MR) is 120 cm³/mol. The van der Waals surface area contributed by atoms with E-state index in [0.717, 1.165) is 29.8 Å². The van der Waals surface area contributed by atoms with Crippen molar-refractivity contribution in [3.05, 3.63) is 52.6 Å². The van der Waals surface area contributed by atoms with Crippen LogP contribution in [0.3, 0.4) is 0 Å². The van der Waals surface area contributed by atoms with E-state index in [1.54, 1.807) is 29.2 Å². The van der Waals surface area contributed by atoms with E-state index >= 15 is 0 Å². The average Bonchev–Trinajstić information content (AvgIpc) is 3.12. The number of nitrogens with one attached hydrogen (secondary N) is 1. The minimum Gasteiger partial charge on any atom is -0.491 e. The summed E-state index contributed by atoms with van der Waals surface area (Å²) >= 11 is 6.24. The Morgan fingerprint density at radius 1 is 1.30 bits per heavy atom. The van der Waals surface area contributed by atoms with Crippen LogP contribution < -0.4 is 19.7 Å². The second-order valence-electron chi connectivity index (χ2n) is 6.94. The molecule has 1 aliphatic rings. The summed E-state index contributed by atoms with van der Waals surface area (Å²) in [5.41, 5.74) is 3.22. The van der Waals surface area contributed by atoms with E-state index < -0.39 is 0 Å². The second kappa shape index (κ2) is 9.67. The van der Waals surface area contributed by atoms with Crippen LogP contribution in [-0.4, -0.2) is 32.1 Å². The molecule has 0 aromatic heterocycles. The lowest BCUT2D eigenvalue weighted by molar-refractivity contribution is -0.117. The maximum absolute atomic E-state index is 12.4. The van der Waals surface area contributed by atoms with Crippen molar-refractivity contribution >= 4 is 40.9 Å². The van der Waals surface area contributed by atoms with Gasteiger partial charge in [0.2, 0.25) is 11.8 Å². The number of hydrogen-bond acceptors (Lipinski definition) is 4. The Bertz CT molecular complexity index is 987. The van der Waals surface area contributed by atoms with E-state index in [1.165, 1.54) is 13.2 Å². The highest BCUT2D eigenvalue weighted by Crippen LogP contribution is 2.36. The lowest BCUT2D eigenvalue weighted by atomic mass is 10.1. The fourth-order valence-corrected chi connectivity index (χ4v) is 3.74. The molecule has 2 aromatic carbocycles. The number of amides is 2. The van der Waals surface area contributed by atoms with Crippen molar-refractivity contribution in [2.75, 3.05) is 30.5 Å². The first kappa shape index (κ1) is 21.7. The van der Waals surface area contributed by atoms with E-state index in [4.69, 9.17) is 21.1 Å². The predicted octanol–water partition coefficient (Wildman–Crippen LogP) is 4.83. The van der Waals surface area contributed by atoms with Gasteiger partial charge in [0.25, 0.3) is 0 Å². The number of anilines is 2. The third-order valence-electron chi connectivity index (χ3n) is 4.79. The van der Waals surface area contributed by atoms with Crippen molar-refractivity contribution in [2.24, 2.45) is 0 Å². The largest absolute Gasteiger partial charge is 0.491 e. The molecule has 3 rings (SSSR count). The summed E-state index contributed by atoms with van der Waals surface area (Å²) in [6.07, 6.45) is 4.56. The highest BCUT2D eigenvalue weighted by Gasteiger charge is 2.23. The molecule has 158 valence electrons. The summed E-state index contributed by atoms with van der Waals surface area (Å²) < 4.78 is 10.8. The van der Waals surface area contributed by atoms with Crippen LogP contribution in [-0.2, 0) is 9.59 Å². The maximum atomic E-state index is 12.4. The molecule has 7 heteroatoms. The van der Waals surface area contributed by atoms with Gasteiger partial charge in [0.15, 0.2) is 11.5 Å². The Morgan fingerprint density at radius 2 is 2.10 bits per heavy atom. The van der Waals surface area contributed by atoms with E-state index in [0.29, 0.717) is 35.2 Å². The fourth-order valence-electron chi connectivity index (χ4n) is 3.44. The van der Waals surface area contributed by atoms with Crippen LogP contribution in [0.15, 0.2) is 36.4 Å². The normalized spacial score (nSPS) is 13.7. The minimum absolute atomic E-state index is 0.141. The molecule has 1 aliphatic heterocycles. The van der Waals surface area contributed by atoms with E-state index in [2.05, 4.69) is 5.32 Å².